The van der Waals surface area contributed by atoms with E-state index in [1.807, 2.05) is 49.4 Å². The lowest BCUT2D eigenvalue weighted by molar-refractivity contribution is 0.269. The maximum Gasteiger partial charge on any atom is 0.161 e. The minimum atomic E-state index is 0.397. The molecule has 4 heteroatoms. The van der Waals surface area contributed by atoms with Gasteiger partial charge in [-0.3, -0.25) is 0 Å². The summed E-state index contributed by atoms with van der Waals surface area (Å²) in [5.74, 6) is 1.46. The van der Waals surface area contributed by atoms with Gasteiger partial charge in [-0.1, -0.05) is 35.9 Å². The summed E-state index contributed by atoms with van der Waals surface area (Å²) in [5.41, 5.74) is 7.51. The van der Waals surface area contributed by atoms with Crippen LogP contribution in [0.2, 0.25) is 5.02 Å². The van der Waals surface area contributed by atoms with Gasteiger partial charge in [-0.25, -0.2) is 0 Å². The van der Waals surface area contributed by atoms with Gasteiger partial charge in [0.05, 0.1) is 6.61 Å². The van der Waals surface area contributed by atoms with E-state index in [0.29, 0.717) is 30.5 Å². The van der Waals surface area contributed by atoms with Gasteiger partial charge in [0.15, 0.2) is 11.5 Å². The molecule has 0 fully saturated rings. The Labute approximate surface area is 124 Å². The van der Waals surface area contributed by atoms with E-state index in [4.69, 9.17) is 26.8 Å². The summed E-state index contributed by atoms with van der Waals surface area (Å²) in [6.45, 7) is 3.42. The number of rotatable bonds is 6. The first kappa shape index (κ1) is 14.7. The van der Waals surface area contributed by atoms with Crippen LogP contribution in [-0.4, -0.2) is 6.61 Å². The van der Waals surface area contributed by atoms with Crippen molar-refractivity contribution in [3.05, 3.63) is 58.6 Å². The fraction of sp³-hybridized carbons (Fsp3) is 0.250. The van der Waals surface area contributed by atoms with Crippen molar-refractivity contribution in [2.24, 2.45) is 5.73 Å². The van der Waals surface area contributed by atoms with Crippen molar-refractivity contribution in [2.75, 3.05) is 6.61 Å². The number of nitrogens with two attached hydrogens (primary N) is 1. The molecule has 0 amide bonds. The Balaban J connectivity index is 2.09. The highest BCUT2D eigenvalue weighted by Gasteiger charge is 2.06. The highest BCUT2D eigenvalue weighted by molar-refractivity contribution is 6.31. The average molecular weight is 292 g/mol. The van der Waals surface area contributed by atoms with E-state index in [1.165, 1.54) is 0 Å². The van der Waals surface area contributed by atoms with Crippen molar-refractivity contribution in [1.29, 1.82) is 0 Å². The van der Waals surface area contributed by atoms with Crippen molar-refractivity contribution in [2.45, 2.75) is 20.1 Å². The van der Waals surface area contributed by atoms with E-state index >= 15 is 0 Å². The number of ether oxygens (including phenoxy) is 2. The van der Waals surface area contributed by atoms with E-state index < -0.39 is 0 Å². The van der Waals surface area contributed by atoms with Crippen LogP contribution in [0.1, 0.15) is 18.1 Å². The highest BCUT2D eigenvalue weighted by atomic mass is 35.5. The van der Waals surface area contributed by atoms with Crippen LogP contribution in [0.15, 0.2) is 42.5 Å². The zero-order chi connectivity index (χ0) is 14.4. The molecule has 106 valence electrons. The molecule has 0 atom stereocenters. The van der Waals surface area contributed by atoms with Crippen LogP contribution in [0.5, 0.6) is 11.5 Å². The van der Waals surface area contributed by atoms with Gasteiger partial charge in [0.2, 0.25) is 0 Å². The molecule has 0 aliphatic carbocycles. The molecule has 3 nitrogen and oxygen atoms in total. The second-order valence-electron chi connectivity index (χ2n) is 4.30. The van der Waals surface area contributed by atoms with E-state index in [1.54, 1.807) is 0 Å². The molecule has 2 aromatic carbocycles. The molecule has 0 bridgehead atoms. The zero-order valence-corrected chi connectivity index (χ0v) is 12.2. The minimum absolute atomic E-state index is 0.397. The van der Waals surface area contributed by atoms with Crippen LogP contribution in [0.3, 0.4) is 0 Å². The van der Waals surface area contributed by atoms with Gasteiger partial charge in [-0.2, -0.15) is 0 Å². The van der Waals surface area contributed by atoms with Gasteiger partial charge in [0.1, 0.15) is 6.61 Å². The van der Waals surface area contributed by atoms with Crippen molar-refractivity contribution in [3.8, 4) is 11.5 Å². The lowest BCUT2D eigenvalue weighted by atomic mass is 10.1. The average Bonchev–Trinajstić information content (AvgIpc) is 2.47. The molecule has 2 N–H and O–H groups in total. The van der Waals surface area contributed by atoms with Crippen molar-refractivity contribution >= 4 is 11.6 Å². The number of hydrogen-bond donors (Lipinski definition) is 1. The van der Waals surface area contributed by atoms with Gasteiger partial charge in [0.25, 0.3) is 0 Å². The number of benzene rings is 2. The first-order chi connectivity index (χ1) is 9.74. The molecule has 0 unspecified atom stereocenters. The summed E-state index contributed by atoms with van der Waals surface area (Å²) in [7, 11) is 0. The fourth-order valence-electron chi connectivity index (χ4n) is 1.83. The Hall–Kier alpha value is -1.71. The Morgan fingerprint density at radius 3 is 2.35 bits per heavy atom. The lowest BCUT2D eigenvalue weighted by Crippen LogP contribution is -2.01. The monoisotopic (exact) mass is 291 g/mol. The summed E-state index contributed by atoms with van der Waals surface area (Å²) < 4.78 is 11.3. The van der Waals surface area contributed by atoms with E-state index in [-0.39, 0.29) is 0 Å². The predicted octanol–water partition coefficient (Wildman–Crippen LogP) is 3.78. The lowest BCUT2D eigenvalue weighted by Gasteiger charge is -2.12. The van der Waals surface area contributed by atoms with Gasteiger partial charge >= 0.3 is 0 Å². The number of para-hydroxylation sites is 2. The molecule has 0 saturated heterocycles. The van der Waals surface area contributed by atoms with Crippen LogP contribution < -0.4 is 15.2 Å². The smallest absolute Gasteiger partial charge is 0.161 e. The highest BCUT2D eigenvalue weighted by Crippen LogP contribution is 2.28. The molecule has 20 heavy (non-hydrogen) atoms. The van der Waals surface area contributed by atoms with Crippen molar-refractivity contribution in [1.82, 2.24) is 0 Å². The minimum Gasteiger partial charge on any atom is -0.490 e. The summed E-state index contributed by atoms with van der Waals surface area (Å²) in [4.78, 5) is 0. The van der Waals surface area contributed by atoms with Gasteiger partial charge in [0, 0.05) is 17.1 Å². The van der Waals surface area contributed by atoms with E-state index in [2.05, 4.69) is 0 Å². The third-order valence-electron chi connectivity index (χ3n) is 2.89. The first-order valence-corrected chi connectivity index (χ1v) is 6.94. The number of halogens is 1. The molecular formula is C16H18ClNO2. The van der Waals surface area contributed by atoms with Crippen LogP contribution in [0, 0.1) is 0 Å². The fourth-order valence-corrected chi connectivity index (χ4v) is 2.09. The Morgan fingerprint density at radius 1 is 1.05 bits per heavy atom. The van der Waals surface area contributed by atoms with Crippen LogP contribution in [-0.2, 0) is 13.2 Å². The maximum absolute atomic E-state index is 6.21. The summed E-state index contributed by atoms with van der Waals surface area (Å²) >= 11 is 6.21. The van der Waals surface area contributed by atoms with Crippen LogP contribution in [0.4, 0.5) is 0 Å². The Bertz CT molecular complexity index is 572. The predicted molar refractivity (Wildman–Crippen MR) is 81.3 cm³/mol. The molecule has 0 aliphatic rings. The second kappa shape index (κ2) is 7.17. The summed E-state index contributed by atoms with van der Waals surface area (Å²) in [6.07, 6.45) is 0. The quantitative estimate of drug-likeness (QED) is 0.881. The molecule has 0 aliphatic heterocycles. The molecule has 2 rings (SSSR count). The largest absolute Gasteiger partial charge is 0.490 e. The summed E-state index contributed by atoms with van der Waals surface area (Å²) in [6, 6.07) is 13.4. The molecule has 0 spiro atoms. The number of hydrogen-bond acceptors (Lipinski definition) is 3. The van der Waals surface area contributed by atoms with Crippen molar-refractivity contribution < 1.29 is 9.47 Å². The first-order valence-electron chi connectivity index (χ1n) is 6.56. The molecule has 0 radical (unpaired) electrons. The second-order valence-corrected chi connectivity index (χ2v) is 4.71. The third-order valence-corrected chi connectivity index (χ3v) is 3.24. The van der Waals surface area contributed by atoms with Crippen LogP contribution in [0.25, 0.3) is 0 Å². The molecule has 2 aromatic rings. The van der Waals surface area contributed by atoms with Crippen LogP contribution >= 0.6 is 11.6 Å². The van der Waals surface area contributed by atoms with E-state index in [0.717, 1.165) is 16.9 Å². The molecule has 0 saturated carbocycles. The molecular weight excluding hydrogens is 274 g/mol. The Morgan fingerprint density at radius 2 is 1.75 bits per heavy atom. The van der Waals surface area contributed by atoms with E-state index in [9.17, 15) is 0 Å². The SMILES string of the molecule is CCOc1ccccc1OCc1ccc(CN)cc1Cl. The zero-order valence-electron chi connectivity index (χ0n) is 11.4. The van der Waals surface area contributed by atoms with Crippen molar-refractivity contribution in [3.63, 3.8) is 0 Å². The third kappa shape index (κ3) is 3.65. The summed E-state index contributed by atoms with van der Waals surface area (Å²) in [5, 5.41) is 0.668. The topological polar surface area (TPSA) is 44.5 Å². The molecule has 0 heterocycles. The standard InChI is InChI=1S/C16H18ClNO2/c1-2-19-15-5-3-4-6-16(15)20-11-13-8-7-12(10-18)9-14(13)17/h3-9H,2,10-11,18H2,1H3. The molecule has 0 aromatic heterocycles. The van der Waals surface area contributed by atoms with Gasteiger partial charge < -0.3 is 15.2 Å². The normalized spacial score (nSPS) is 10.3. The maximum atomic E-state index is 6.21. The van der Waals surface area contributed by atoms with Gasteiger partial charge in [-0.15, -0.1) is 0 Å². The van der Waals surface area contributed by atoms with Gasteiger partial charge in [-0.05, 0) is 30.7 Å². The Kier molecular flexibility index (Phi) is 5.27.